The molecular formula is C12H9N5. The average molecular weight is 223 g/mol. The van der Waals surface area contributed by atoms with Gasteiger partial charge in [-0.2, -0.15) is 0 Å². The molecule has 0 bridgehead atoms. The maximum Gasteiger partial charge on any atom is 0.199 e. The van der Waals surface area contributed by atoms with Crippen LogP contribution in [0.15, 0.2) is 42.7 Å². The lowest BCUT2D eigenvalue weighted by molar-refractivity contribution is 1.10. The van der Waals surface area contributed by atoms with Crippen LogP contribution in [-0.2, 0) is 0 Å². The normalized spacial score (nSPS) is 10.6. The first-order valence-electron chi connectivity index (χ1n) is 5.13. The van der Waals surface area contributed by atoms with Gasteiger partial charge >= 0.3 is 0 Å². The molecule has 2 N–H and O–H groups in total. The van der Waals surface area contributed by atoms with Gasteiger partial charge < -0.3 is 5.73 Å². The Labute approximate surface area is 97.4 Å². The van der Waals surface area contributed by atoms with Gasteiger partial charge in [0, 0.05) is 17.8 Å². The molecule has 2 aromatic heterocycles. The molecule has 17 heavy (non-hydrogen) atoms. The Morgan fingerprint density at radius 3 is 2.59 bits per heavy atom. The molecule has 0 amide bonds. The molecule has 3 rings (SSSR count). The van der Waals surface area contributed by atoms with Crippen LogP contribution in [0.1, 0.15) is 0 Å². The lowest BCUT2D eigenvalue weighted by atomic mass is 10.2. The van der Waals surface area contributed by atoms with Crippen LogP contribution < -0.4 is 5.73 Å². The van der Waals surface area contributed by atoms with Crippen molar-refractivity contribution in [2.45, 2.75) is 0 Å². The monoisotopic (exact) mass is 223 g/mol. The number of hydrogen-bond donors (Lipinski definition) is 1. The third-order valence-electron chi connectivity index (χ3n) is 2.37. The molecule has 0 aliphatic heterocycles. The molecule has 0 unspecified atom stereocenters. The predicted octanol–water partition coefficient (Wildman–Crippen LogP) is 1.67. The molecule has 82 valence electrons. The van der Waals surface area contributed by atoms with Gasteiger partial charge in [-0.1, -0.05) is 18.2 Å². The summed E-state index contributed by atoms with van der Waals surface area (Å²) in [6.07, 6.45) is 3.35. The highest BCUT2D eigenvalue weighted by atomic mass is 15.0. The third-order valence-corrected chi connectivity index (χ3v) is 2.37. The van der Waals surface area contributed by atoms with Crippen LogP contribution in [-0.4, -0.2) is 19.9 Å². The number of nitrogens with zero attached hydrogens (tertiary/aromatic N) is 4. The second kappa shape index (κ2) is 3.79. The van der Waals surface area contributed by atoms with Crippen LogP contribution >= 0.6 is 0 Å². The Hall–Kier alpha value is -2.56. The average Bonchev–Trinajstić information content (AvgIpc) is 2.38. The first-order valence-corrected chi connectivity index (χ1v) is 5.13. The van der Waals surface area contributed by atoms with E-state index in [1.54, 1.807) is 18.5 Å². The van der Waals surface area contributed by atoms with E-state index in [9.17, 15) is 0 Å². The number of aromatic nitrogens is 4. The molecule has 0 radical (unpaired) electrons. The number of nitrogens with two attached hydrogens (primary N) is 1. The topological polar surface area (TPSA) is 77.6 Å². The van der Waals surface area contributed by atoms with E-state index in [0.717, 1.165) is 10.9 Å². The lowest BCUT2D eigenvalue weighted by Gasteiger charge is -2.01. The molecule has 0 aliphatic rings. The van der Waals surface area contributed by atoms with Crippen LogP contribution in [0.4, 0.5) is 5.82 Å². The summed E-state index contributed by atoms with van der Waals surface area (Å²) in [6.45, 7) is 0. The van der Waals surface area contributed by atoms with Crippen LogP contribution in [0.2, 0.25) is 0 Å². The van der Waals surface area contributed by atoms with Crippen molar-refractivity contribution in [3.8, 4) is 11.6 Å². The van der Waals surface area contributed by atoms with Crippen LogP contribution in [0.3, 0.4) is 0 Å². The molecule has 0 aliphatic carbocycles. The van der Waals surface area contributed by atoms with Crippen LogP contribution in [0, 0.1) is 0 Å². The van der Waals surface area contributed by atoms with Gasteiger partial charge in [0.15, 0.2) is 11.6 Å². The minimum absolute atomic E-state index is 0.409. The summed E-state index contributed by atoms with van der Waals surface area (Å²) in [4.78, 5) is 16.8. The van der Waals surface area contributed by atoms with Crippen LogP contribution in [0.5, 0.6) is 0 Å². The highest BCUT2D eigenvalue weighted by Crippen LogP contribution is 2.15. The highest BCUT2D eigenvalue weighted by Gasteiger charge is 2.05. The standard InChI is InChI=1S/C12H9N5/c13-10-5-6-14-11(17-10)12-15-7-8-3-1-2-4-9(8)16-12/h1-7H,(H2,13,14,17). The maximum atomic E-state index is 5.60. The minimum atomic E-state index is 0.409. The molecule has 5 nitrogen and oxygen atoms in total. The summed E-state index contributed by atoms with van der Waals surface area (Å²) < 4.78 is 0. The Kier molecular flexibility index (Phi) is 2.15. The third kappa shape index (κ3) is 1.78. The molecule has 0 spiro atoms. The van der Waals surface area contributed by atoms with Crippen molar-refractivity contribution in [3.63, 3.8) is 0 Å². The Balaban J connectivity index is 2.18. The zero-order valence-corrected chi connectivity index (χ0v) is 8.91. The van der Waals surface area contributed by atoms with Gasteiger partial charge in [-0.05, 0) is 12.1 Å². The zero-order valence-electron chi connectivity index (χ0n) is 8.91. The van der Waals surface area contributed by atoms with E-state index in [1.807, 2.05) is 24.3 Å². The number of fused-ring (bicyclic) bond motifs is 1. The molecule has 2 heterocycles. The number of hydrogen-bond acceptors (Lipinski definition) is 5. The van der Waals surface area contributed by atoms with Crippen molar-refractivity contribution < 1.29 is 0 Å². The van der Waals surface area contributed by atoms with Gasteiger partial charge in [0.25, 0.3) is 0 Å². The summed E-state index contributed by atoms with van der Waals surface area (Å²) in [5, 5.41) is 0.986. The van der Waals surface area contributed by atoms with Gasteiger partial charge in [-0.15, -0.1) is 0 Å². The summed E-state index contributed by atoms with van der Waals surface area (Å²) in [6, 6.07) is 9.39. The molecule has 0 saturated heterocycles. The largest absolute Gasteiger partial charge is 0.384 e. The summed E-state index contributed by atoms with van der Waals surface area (Å²) >= 11 is 0. The smallest absolute Gasteiger partial charge is 0.199 e. The SMILES string of the molecule is Nc1ccnc(-c2ncc3ccccc3n2)n1. The zero-order chi connectivity index (χ0) is 11.7. The highest BCUT2D eigenvalue weighted by molar-refractivity contribution is 5.78. The first-order chi connectivity index (χ1) is 8.33. The van der Waals surface area contributed by atoms with Gasteiger partial charge in [-0.25, -0.2) is 19.9 Å². The van der Waals surface area contributed by atoms with Crippen molar-refractivity contribution in [2.24, 2.45) is 0 Å². The van der Waals surface area contributed by atoms with Crippen molar-refractivity contribution >= 4 is 16.7 Å². The number of nitrogen functional groups attached to an aromatic ring is 1. The first kappa shape index (κ1) is 9.65. The molecule has 5 heteroatoms. The fourth-order valence-electron chi connectivity index (χ4n) is 1.56. The molecule has 3 aromatic rings. The number of benzene rings is 1. The summed E-state index contributed by atoms with van der Waals surface area (Å²) in [5.74, 6) is 1.33. The quantitative estimate of drug-likeness (QED) is 0.679. The van der Waals surface area contributed by atoms with Crippen molar-refractivity contribution in [3.05, 3.63) is 42.7 Å². The second-order valence-electron chi connectivity index (χ2n) is 3.56. The van der Waals surface area contributed by atoms with Crippen molar-refractivity contribution in [1.82, 2.24) is 19.9 Å². The van der Waals surface area contributed by atoms with E-state index >= 15 is 0 Å². The molecule has 1 aromatic carbocycles. The molecular weight excluding hydrogens is 214 g/mol. The van der Waals surface area contributed by atoms with Crippen LogP contribution in [0.25, 0.3) is 22.6 Å². The predicted molar refractivity (Wildman–Crippen MR) is 65.0 cm³/mol. The maximum absolute atomic E-state index is 5.60. The van der Waals surface area contributed by atoms with E-state index in [0.29, 0.717) is 17.5 Å². The van der Waals surface area contributed by atoms with E-state index in [1.165, 1.54) is 0 Å². The summed E-state index contributed by atoms with van der Waals surface area (Å²) in [5.41, 5.74) is 6.47. The fourth-order valence-corrected chi connectivity index (χ4v) is 1.56. The van der Waals surface area contributed by atoms with E-state index in [-0.39, 0.29) is 0 Å². The molecule has 0 saturated carbocycles. The number of rotatable bonds is 1. The van der Waals surface area contributed by atoms with E-state index in [2.05, 4.69) is 19.9 Å². The Morgan fingerprint density at radius 2 is 1.71 bits per heavy atom. The van der Waals surface area contributed by atoms with Crippen molar-refractivity contribution in [2.75, 3.05) is 5.73 Å². The summed E-state index contributed by atoms with van der Waals surface area (Å²) in [7, 11) is 0. The van der Waals surface area contributed by atoms with E-state index in [4.69, 9.17) is 5.73 Å². The van der Waals surface area contributed by atoms with Gasteiger partial charge in [0.05, 0.1) is 5.52 Å². The van der Waals surface area contributed by atoms with E-state index < -0.39 is 0 Å². The Bertz CT molecular complexity index is 680. The number of anilines is 1. The fraction of sp³-hybridized carbons (Fsp3) is 0. The second-order valence-corrected chi connectivity index (χ2v) is 3.56. The molecule has 0 atom stereocenters. The van der Waals surface area contributed by atoms with Gasteiger partial charge in [0.1, 0.15) is 5.82 Å². The Morgan fingerprint density at radius 1 is 0.882 bits per heavy atom. The van der Waals surface area contributed by atoms with Crippen molar-refractivity contribution in [1.29, 1.82) is 0 Å². The lowest BCUT2D eigenvalue weighted by Crippen LogP contribution is -1.98. The van der Waals surface area contributed by atoms with Gasteiger partial charge in [-0.3, -0.25) is 0 Å². The molecule has 0 fully saturated rings. The van der Waals surface area contributed by atoms with Gasteiger partial charge in [0.2, 0.25) is 0 Å². The minimum Gasteiger partial charge on any atom is -0.384 e. The number of para-hydroxylation sites is 1.